The maximum atomic E-state index is 12.7. The lowest BCUT2D eigenvalue weighted by molar-refractivity contribution is -0.131. The van der Waals surface area contributed by atoms with Crippen molar-refractivity contribution < 1.29 is 14.7 Å². The van der Waals surface area contributed by atoms with Gasteiger partial charge in [-0.25, -0.2) is 4.79 Å². The van der Waals surface area contributed by atoms with Gasteiger partial charge in [-0.05, 0) is 62.9 Å². The molecule has 1 aromatic carbocycles. The number of likely N-dealkylation sites (tertiary alicyclic amines) is 1. The van der Waals surface area contributed by atoms with Crippen molar-refractivity contribution in [2.75, 3.05) is 6.54 Å². The first-order valence-electron chi connectivity index (χ1n) is 7.14. The average molecular weight is 287 g/mol. The monoisotopic (exact) mass is 287 g/mol. The summed E-state index contributed by atoms with van der Waals surface area (Å²) in [6, 6.07) is 5.48. The van der Waals surface area contributed by atoms with Gasteiger partial charge in [0.1, 0.15) is 0 Å². The second-order valence-electron chi connectivity index (χ2n) is 6.18. The second kappa shape index (κ2) is 5.72. The van der Waals surface area contributed by atoms with Crippen LogP contribution in [0.1, 0.15) is 48.2 Å². The second-order valence-corrected chi connectivity index (χ2v) is 6.18. The molecule has 0 unspecified atom stereocenters. The molecule has 1 N–H and O–H groups in total. The van der Waals surface area contributed by atoms with Crippen molar-refractivity contribution in [2.45, 2.75) is 39.2 Å². The van der Waals surface area contributed by atoms with E-state index in [4.69, 9.17) is 5.11 Å². The summed E-state index contributed by atoms with van der Waals surface area (Å²) in [7, 11) is 0. The fraction of sp³-hybridized carbons (Fsp3) is 0.412. The summed E-state index contributed by atoms with van der Waals surface area (Å²) < 4.78 is 0. The Labute approximate surface area is 125 Å². The van der Waals surface area contributed by atoms with Crippen LogP contribution in [0.5, 0.6) is 0 Å². The van der Waals surface area contributed by atoms with Crippen molar-refractivity contribution in [3.63, 3.8) is 0 Å². The van der Waals surface area contributed by atoms with Crippen molar-refractivity contribution >= 4 is 18.0 Å². The first kappa shape index (κ1) is 15.3. The summed E-state index contributed by atoms with van der Waals surface area (Å²) in [6.45, 7) is 6.85. The molecular weight excluding hydrogens is 266 g/mol. The molecular formula is C17H21NO3. The Kier molecular flexibility index (Phi) is 4.16. The van der Waals surface area contributed by atoms with Gasteiger partial charge in [-0.15, -0.1) is 0 Å². The SMILES string of the molecule is Cc1cc(/C=C/C(=O)O)cc(C(=O)N2CCCC2(C)C)c1. The van der Waals surface area contributed by atoms with E-state index in [-0.39, 0.29) is 11.4 Å². The van der Waals surface area contributed by atoms with Crippen LogP contribution in [0.2, 0.25) is 0 Å². The largest absolute Gasteiger partial charge is 0.478 e. The Morgan fingerprint density at radius 3 is 2.57 bits per heavy atom. The van der Waals surface area contributed by atoms with Crippen LogP contribution in [-0.2, 0) is 4.79 Å². The average Bonchev–Trinajstić information content (AvgIpc) is 2.74. The van der Waals surface area contributed by atoms with Gasteiger partial charge in [0.25, 0.3) is 5.91 Å². The Morgan fingerprint density at radius 1 is 1.29 bits per heavy atom. The number of amides is 1. The lowest BCUT2D eigenvalue weighted by Crippen LogP contribution is -2.42. The van der Waals surface area contributed by atoms with Crippen LogP contribution in [0.3, 0.4) is 0 Å². The first-order chi connectivity index (χ1) is 9.79. The third-order valence-electron chi connectivity index (χ3n) is 3.91. The summed E-state index contributed by atoms with van der Waals surface area (Å²) in [5, 5.41) is 8.70. The van der Waals surface area contributed by atoms with E-state index in [9.17, 15) is 9.59 Å². The molecule has 1 fully saturated rings. The molecule has 4 heteroatoms. The molecule has 0 aromatic heterocycles. The van der Waals surface area contributed by atoms with Crippen LogP contribution in [0.15, 0.2) is 24.3 Å². The third kappa shape index (κ3) is 3.51. The van der Waals surface area contributed by atoms with Crippen molar-refractivity contribution in [2.24, 2.45) is 0 Å². The lowest BCUT2D eigenvalue weighted by Gasteiger charge is -2.31. The summed E-state index contributed by atoms with van der Waals surface area (Å²) in [5.41, 5.74) is 2.19. The standard InChI is InChI=1S/C17H21NO3/c1-12-9-13(5-6-15(19)20)11-14(10-12)16(21)18-8-4-7-17(18,2)3/h5-6,9-11H,4,7-8H2,1-3H3,(H,19,20)/b6-5+. The number of aryl methyl sites for hydroxylation is 1. The van der Waals surface area contributed by atoms with E-state index in [0.717, 1.165) is 36.6 Å². The van der Waals surface area contributed by atoms with Crippen LogP contribution in [0.25, 0.3) is 6.08 Å². The molecule has 1 amide bonds. The molecule has 1 saturated heterocycles. The van der Waals surface area contributed by atoms with E-state index < -0.39 is 5.97 Å². The molecule has 0 bridgehead atoms. The zero-order valence-corrected chi connectivity index (χ0v) is 12.7. The van der Waals surface area contributed by atoms with Gasteiger partial charge >= 0.3 is 5.97 Å². The topological polar surface area (TPSA) is 57.6 Å². The van der Waals surface area contributed by atoms with Gasteiger partial charge in [-0.1, -0.05) is 6.07 Å². The van der Waals surface area contributed by atoms with E-state index in [0.29, 0.717) is 5.56 Å². The van der Waals surface area contributed by atoms with Gasteiger partial charge < -0.3 is 10.0 Å². The fourth-order valence-electron chi connectivity index (χ4n) is 2.84. The number of hydrogen-bond donors (Lipinski definition) is 1. The first-order valence-corrected chi connectivity index (χ1v) is 7.14. The Bertz CT molecular complexity index is 602. The van der Waals surface area contributed by atoms with Gasteiger partial charge in [-0.2, -0.15) is 0 Å². The normalized spacial score (nSPS) is 17.4. The molecule has 4 nitrogen and oxygen atoms in total. The van der Waals surface area contributed by atoms with Crippen molar-refractivity contribution in [3.8, 4) is 0 Å². The van der Waals surface area contributed by atoms with Crippen LogP contribution in [-0.4, -0.2) is 34.0 Å². The number of rotatable bonds is 3. The highest BCUT2D eigenvalue weighted by atomic mass is 16.4. The molecule has 112 valence electrons. The minimum atomic E-state index is -0.995. The Hall–Kier alpha value is -2.10. The summed E-state index contributed by atoms with van der Waals surface area (Å²) in [4.78, 5) is 25.2. The minimum absolute atomic E-state index is 0.0196. The maximum Gasteiger partial charge on any atom is 0.328 e. The highest BCUT2D eigenvalue weighted by molar-refractivity contribution is 5.96. The van der Waals surface area contributed by atoms with Crippen LogP contribution < -0.4 is 0 Å². The van der Waals surface area contributed by atoms with Crippen molar-refractivity contribution in [3.05, 3.63) is 41.0 Å². The molecule has 0 spiro atoms. The van der Waals surface area contributed by atoms with E-state index in [1.165, 1.54) is 6.08 Å². The number of nitrogens with zero attached hydrogens (tertiary/aromatic N) is 1. The van der Waals surface area contributed by atoms with Crippen molar-refractivity contribution in [1.29, 1.82) is 0 Å². The van der Waals surface area contributed by atoms with Crippen LogP contribution in [0.4, 0.5) is 0 Å². The number of carbonyl (C=O) groups excluding carboxylic acids is 1. The quantitative estimate of drug-likeness (QED) is 0.869. The van der Waals surface area contributed by atoms with Crippen molar-refractivity contribution in [1.82, 2.24) is 4.90 Å². The van der Waals surface area contributed by atoms with Gasteiger partial charge in [0.15, 0.2) is 0 Å². The number of carboxylic acids is 1. The van der Waals surface area contributed by atoms with E-state index >= 15 is 0 Å². The van der Waals surface area contributed by atoms with Crippen LogP contribution in [0, 0.1) is 6.92 Å². The minimum Gasteiger partial charge on any atom is -0.478 e. The zero-order chi connectivity index (χ0) is 15.6. The highest BCUT2D eigenvalue weighted by Gasteiger charge is 2.35. The maximum absolute atomic E-state index is 12.7. The van der Waals surface area contributed by atoms with E-state index in [1.807, 2.05) is 24.0 Å². The Morgan fingerprint density at radius 2 is 2.00 bits per heavy atom. The molecule has 21 heavy (non-hydrogen) atoms. The molecule has 0 radical (unpaired) electrons. The molecule has 1 aromatic rings. The number of carboxylic acid groups (broad SMARTS) is 1. The lowest BCUT2D eigenvalue weighted by atomic mass is 10.00. The summed E-state index contributed by atoms with van der Waals surface area (Å²) in [5.74, 6) is -0.976. The van der Waals surface area contributed by atoms with Gasteiger partial charge in [0, 0.05) is 23.7 Å². The number of aliphatic carboxylic acids is 1. The number of benzene rings is 1. The molecule has 0 atom stereocenters. The molecule has 1 aliphatic heterocycles. The molecule has 1 heterocycles. The summed E-state index contributed by atoms with van der Waals surface area (Å²) >= 11 is 0. The predicted molar refractivity (Wildman–Crippen MR) is 82.2 cm³/mol. The van der Waals surface area contributed by atoms with E-state index in [1.54, 1.807) is 6.07 Å². The Balaban J connectivity index is 2.31. The van der Waals surface area contributed by atoms with Gasteiger partial charge in [-0.3, -0.25) is 4.79 Å². The summed E-state index contributed by atoms with van der Waals surface area (Å²) in [6.07, 6.45) is 4.64. The van der Waals surface area contributed by atoms with E-state index in [2.05, 4.69) is 13.8 Å². The third-order valence-corrected chi connectivity index (χ3v) is 3.91. The zero-order valence-electron chi connectivity index (χ0n) is 12.7. The smallest absolute Gasteiger partial charge is 0.328 e. The molecule has 2 rings (SSSR count). The molecule has 0 aliphatic carbocycles. The number of carbonyl (C=O) groups is 2. The van der Waals surface area contributed by atoms with Gasteiger partial charge in [0.05, 0.1) is 0 Å². The fourth-order valence-corrected chi connectivity index (χ4v) is 2.84. The van der Waals surface area contributed by atoms with Crippen LogP contribution >= 0.6 is 0 Å². The number of hydrogen-bond acceptors (Lipinski definition) is 2. The molecule has 0 saturated carbocycles. The predicted octanol–water partition coefficient (Wildman–Crippen LogP) is 3.11. The van der Waals surface area contributed by atoms with Gasteiger partial charge in [0.2, 0.25) is 0 Å². The molecule has 1 aliphatic rings. The highest BCUT2D eigenvalue weighted by Crippen LogP contribution is 2.30.